The van der Waals surface area contributed by atoms with Crippen molar-refractivity contribution in [2.24, 2.45) is 5.92 Å². The number of hydrogen-bond acceptors (Lipinski definition) is 3. The number of piperidine rings is 3. The van der Waals surface area contributed by atoms with Crippen LogP contribution < -0.4 is 10.6 Å². The van der Waals surface area contributed by atoms with Gasteiger partial charge in [-0.3, -0.25) is 0 Å². The van der Waals surface area contributed by atoms with E-state index in [1.165, 1.54) is 65.7 Å². The first kappa shape index (κ1) is 25.3. The van der Waals surface area contributed by atoms with E-state index in [4.69, 9.17) is 0 Å². The van der Waals surface area contributed by atoms with Crippen LogP contribution in [-0.4, -0.2) is 37.1 Å². The van der Waals surface area contributed by atoms with Crippen molar-refractivity contribution in [3.63, 3.8) is 0 Å². The van der Waals surface area contributed by atoms with Crippen LogP contribution in [-0.2, 0) is 6.42 Å². The zero-order valence-corrected chi connectivity index (χ0v) is 22.0. The topological polar surface area (TPSA) is 27.3 Å². The Morgan fingerprint density at radius 1 is 1.03 bits per heavy atom. The first-order valence-electron chi connectivity index (χ1n) is 13.7. The molecule has 3 heteroatoms. The Hall–Kier alpha value is -2.78. The molecule has 3 nitrogen and oxygen atoms in total. The third-order valence-electron chi connectivity index (χ3n) is 7.70. The number of nitrogens with one attached hydrogen (secondary N) is 2. The summed E-state index contributed by atoms with van der Waals surface area (Å²) in [5.41, 5.74) is 9.92. The molecular formula is C32H43N3. The van der Waals surface area contributed by atoms with Gasteiger partial charge in [0.15, 0.2) is 0 Å². The van der Waals surface area contributed by atoms with Crippen LogP contribution in [0.15, 0.2) is 66.9 Å². The van der Waals surface area contributed by atoms with E-state index in [-0.39, 0.29) is 0 Å². The first-order chi connectivity index (χ1) is 17.1. The minimum Gasteiger partial charge on any atom is -0.385 e. The lowest BCUT2D eigenvalue weighted by Gasteiger charge is -2.45. The van der Waals surface area contributed by atoms with Gasteiger partial charge in [0, 0.05) is 36.9 Å². The highest BCUT2D eigenvalue weighted by molar-refractivity contribution is 5.80. The molecule has 0 amide bonds. The summed E-state index contributed by atoms with van der Waals surface area (Å²) in [4.78, 5) is 2.60. The number of fused-ring (bicyclic) bond motifs is 4. The molecule has 4 aliphatic rings. The van der Waals surface area contributed by atoms with Gasteiger partial charge in [0.2, 0.25) is 0 Å². The van der Waals surface area contributed by atoms with Crippen LogP contribution >= 0.6 is 0 Å². The fourth-order valence-electron chi connectivity index (χ4n) is 5.67. The summed E-state index contributed by atoms with van der Waals surface area (Å²) in [6, 6.07) is 16.0. The average molecular weight is 470 g/mol. The number of rotatable bonds is 9. The van der Waals surface area contributed by atoms with E-state index in [2.05, 4.69) is 84.2 Å². The summed E-state index contributed by atoms with van der Waals surface area (Å²) in [6.45, 7) is 19.6. The van der Waals surface area contributed by atoms with E-state index in [1.54, 1.807) is 0 Å². The monoisotopic (exact) mass is 469 g/mol. The van der Waals surface area contributed by atoms with E-state index in [9.17, 15) is 0 Å². The molecular weight excluding hydrogens is 426 g/mol. The Labute approximate surface area is 213 Å². The second-order valence-corrected chi connectivity index (χ2v) is 9.93. The van der Waals surface area contributed by atoms with Crippen molar-refractivity contribution in [2.45, 2.75) is 58.9 Å². The van der Waals surface area contributed by atoms with Crippen molar-refractivity contribution < 1.29 is 0 Å². The van der Waals surface area contributed by atoms with Gasteiger partial charge in [0.25, 0.3) is 0 Å². The van der Waals surface area contributed by atoms with Gasteiger partial charge in [-0.1, -0.05) is 76.7 Å². The lowest BCUT2D eigenvalue weighted by atomic mass is 9.84. The lowest BCUT2D eigenvalue weighted by Crippen LogP contribution is -2.55. The second kappa shape index (κ2) is 11.8. The number of nitrogens with zero attached hydrogens (tertiary/aromatic N) is 1. The molecule has 6 rings (SSSR count). The summed E-state index contributed by atoms with van der Waals surface area (Å²) < 4.78 is 0. The Morgan fingerprint density at radius 2 is 1.80 bits per heavy atom. The molecule has 0 saturated carbocycles. The van der Waals surface area contributed by atoms with Crippen LogP contribution in [0.25, 0.3) is 22.9 Å². The molecule has 1 unspecified atom stereocenters. The molecule has 2 aromatic rings. The zero-order valence-electron chi connectivity index (χ0n) is 22.0. The van der Waals surface area contributed by atoms with Crippen molar-refractivity contribution in [1.29, 1.82) is 0 Å². The molecule has 2 N–H and O–H groups in total. The standard InChI is InChI=1S/C30H37N3.C2H6/c1-4-5-14-31-21(2)24-8-6-9-25(17-24)28-11-7-10-26-18-27(19-29(26)28)22(3)32-30-20-33-15-12-23(30)13-16-33;1-2/h6-11,17-18,23,30-32H,2-5,12-16,19-20H2,1H3;1-2H3. The second-order valence-electron chi connectivity index (χ2n) is 9.93. The highest BCUT2D eigenvalue weighted by Gasteiger charge is 2.34. The third-order valence-corrected chi connectivity index (χ3v) is 7.70. The molecule has 3 aliphatic heterocycles. The van der Waals surface area contributed by atoms with Crippen LogP contribution in [0.5, 0.6) is 0 Å². The van der Waals surface area contributed by atoms with Crippen molar-refractivity contribution in [3.05, 3.63) is 83.6 Å². The molecule has 1 atom stereocenters. The minimum absolute atomic E-state index is 0.548. The quantitative estimate of drug-likeness (QED) is 0.392. The molecule has 3 fully saturated rings. The zero-order chi connectivity index (χ0) is 24.8. The Morgan fingerprint density at radius 3 is 2.51 bits per heavy atom. The molecule has 1 aliphatic carbocycles. The third kappa shape index (κ3) is 5.73. The predicted octanol–water partition coefficient (Wildman–Crippen LogP) is 6.88. The largest absolute Gasteiger partial charge is 0.385 e. The predicted molar refractivity (Wildman–Crippen MR) is 152 cm³/mol. The van der Waals surface area contributed by atoms with Gasteiger partial charge in [0.1, 0.15) is 0 Å². The number of benzene rings is 2. The maximum Gasteiger partial charge on any atom is 0.0417 e. The van der Waals surface area contributed by atoms with Gasteiger partial charge in [-0.25, -0.2) is 0 Å². The number of allylic oxidation sites excluding steroid dienone is 1. The molecule has 35 heavy (non-hydrogen) atoms. The molecule has 0 radical (unpaired) electrons. The van der Waals surface area contributed by atoms with E-state index in [0.29, 0.717) is 6.04 Å². The smallest absolute Gasteiger partial charge is 0.0417 e. The number of unbranched alkanes of at least 4 members (excludes halogenated alkanes) is 1. The summed E-state index contributed by atoms with van der Waals surface area (Å²) in [7, 11) is 0. The van der Waals surface area contributed by atoms with E-state index in [0.717, 1.165) is 43.2 Å². The summed E-state index contributed by atoms with van der Waals surface area (Å²) >= 11 is 0. The average Bonchev–Trinajstić information content (AvgIpc) is 3.36. The minimum atomic E-state index is 0.548. The van der Waals surface area contributed by atoms with Crippen molar-refractivity contribution in [3.8, 4) is 11.1 Å². The van der Waals surface area contributed by atoms with Gasteiger partial charge in [-0.15, -0.1) is 0 Å². The molecule has 2 aromatic carbocycles. The summed E-state index contributed by atoms with van der Waals surface area (Å²) in [6.07, 6.45) is 8.28. The molecule has 0 spiro atoms. The Kier molecular flexibility index (Phi) is 8.51. The highest BCUT2D eigenvalue weighted by Crippen LogP contribution is 2.37. The normalized spacial score (nSPS) is 21.9. The first-order valence-corrected chi connectivity index (χ1v) is 13.7. The van der Waals surface area contributed by atoms with Gasteiger partial charge in [0.05, 0.1) is 0 Å². The summed E-state index contributed by atoms with van der Waals surface area (Å²) in [5.74, 6) is 0.800. The maximum absolute atomic E-state index is 4.45. The van der Waals surface area contributed by atoms with Gasteiger partial charge in [-0.05, 0) is 83.8 Å². The SMILES string of the molecule is C=C(NC1CN2CCC1CC2)C1=Cc2cccc(-c3cccc(C(=C)NCCCC)c3)c2C1.CC. The van der Waals surface area contributed by atoms with Crippen molar-refractivity contribution in [2.75, 3.05) is 26.2 Å². The van der Waals surface area contributed by atoms with E-state index < -0.39 is 0 Å². The maximum atomic E-state index is 4.45. The Balaban J connectivity index is 0.00000141. The molecule has 2 bridgehead atoms. The fourth-order valence-corrected chi connectivity index (χ4v) is 5.67. The van der Waals surface area contributed by atoms with Crippen LogP contribution in [0.2, 0.25) is 0 Å². The highest BCUT2D eigenvalue weighted by atomic mass is 15.2. The fraction of sp³-hybridized carbons (Fsp3) is 0.438. The van der Waals surface area contributed by atoms with Crippen LogP contribution in [0.4, 0.5) is 0 Å². The Bertz CT molecular complexity index is 1070. The molecule has 3 heterocycles. The van der Waals surface area contributed by atoms with Crippen LogP contribution in [0, 0.1) is 5.92 Å². The number of hydrogen-bond donors (Lipinski definition) is 2. The van der Waals surface area contributed by atoms with E-state index >= 15 is 0 Å². The molecule has 0 aromatic heterocycles. The lowest BCUT2D eigenvalue weighted by molar-refractivity contribution is 0.0776. The van der Waals surface area contributed by atoms with Gasteiger partial charge in [-0.2, -0.15) is 0 Å². The summed E-state index contributed by atoms with van der Waals surface area (Å²) in [5, 5.41) is 7.29. The van der Waals surface area contributed by atoms with E-state index in [1.807, 2.05) is 13.8 Å². The van der Waals surface area contributed by atoms with Crippen LogP contribution in [0.3, 0.4) is 0 Å². The van der Waals surface area contributed by atoms with Crippen LogP contribution in [0.1, 0.15) is 63.1 Å². The molecule has 3 saturated heterocycles. The molecule has 186 valence electrons. The van der Waals surface area contributed by atoms with Crippen molar-refractivity contribution >= 4 is 11.8 Å². The van der Waals surface area contributed by atoms with Crippen molar-refractivity contribution in [1.82, 2.24) is 15.5 Å². The van der Waals surface area contributed by atoms with Gasteiger partial charge < -0.3 is 15.5 Å². The van der Waals surface area contributed by atoms with Gasteiger partial charge >= 0.3 is 0 Å².